The fourth-order valence-corrected chi connectivity index (χ4v) is 4.15. The van der Waals surface area contributed by atoms with Gasteiger partial charge in [-0.3, -0.25) is 20.0 Å². The lowest BCUT2D eigenvalue weighted by molar-refractivity contribution is -0.141. The lowest BCUT2D eigenvalue weighted by Gasteiger charge is -2.34. The van der Waals surface area contributed by atoms with Crippen LogP contribution in [0, 0.1) is 11.8 Å². The first-order valence-electron chi connectivity index (χ1n) is 8.72. The molecular weight excluding hydrogens is 377 g/mol. The van der Waals surface area contributed by atoms with Crippen LogP contribution in [0.4, 0.5) is 18.3 Å². The highest BCUT2D eigenvalue weighted by Gasteiger charge is 2.32. The van der Waals surface area contributed by atoms with Gasteiger partial charge in [0.05, 0.1) is 11.3 Å². The van der Waals surface area contributed by atoms with Crippen molar-refractivity contribution in [2.24, 2.45) is 11.8 Å². The van der Waals surface area contributed by atoms with Crippen molar-refractivity contribution >= 4 is 22.4 Å². The summed E-state index contributed by atoms with van der Waals surface area (Å²) in [6.07, 6.45) is -2.37. The Morgan fingerprint density at radius 3 is 2.59 bits per heavy atom. The number of aromatic nitrogens is 2. The molecule has 3 heterocycles. The maximum Gasteiger partial charge on any atom is 0.433 e. The van der Waals surface area contributed by atoms with Gasteiger partial charge in [0.1, 0.15) is 5.69 Å². The van der Waals surface area contributed by atoms with Crippen molar-refractivity contribution in [1.29, 1.82) is 0 Å². The normalized spacial score (nSPS) is 21.2. The van der Waals surface area contributed by atoms with Gasteiger partial charge in [-0.1, -0.05) is 13.8 Å². The van der Waals surface area contributed by atoms with Gasteiger partial charge in [-0.25, -0.2) is 4.98 Å². The molecule has 146 valence electrons. The lowest BCUT2D eigenvalue weighted by atomic mass is 9.92. The number of carbonyl (C=O) groups excluding carboxylic acids is 1. The van der Waals surface area contributed by atoms with Crippen LogP contribution in [0.5, 0.6) is 0 Å². The summed E-state index contributed by atoms with van der Waals surface area (Å²) in [5, 5.41) is 4.94. The minimum Gasteiger partial charge on any atom is -0.298 e. The van der Waals surface area contributed by atoms with Gasteiger partial charge < -0.3 is 0 Å². The van der Waals surface area contributed by atoms with Gasteiger partial charge in [-0.05, 0) is 30.4 Å². The number of carbonyl (C=O) groups is 1. The quantitative estimate of drug-likeness (QED) is 0.835. The molecule has 0 radical (unpaired) electrons. The summed E-state index contributed by atoms with van der Waals surface area (Å²) in [4.78, 5) is 22.3. The van der Waals surface area contributed by atoms with Crippen molar-refractivity contribution in [3.05, 3.63) is 40.7 Å². The maximum atomic E-state index is 12.5. The Morgan fingerprint density at radius 1 is 1.30 bits per heavy atom. The summed E-state index contributed by atoms with van der Waals surface area (Å²) in [7, 11) is 0. The number of thiazole rings is 1. The van der Waals surface area contributed by atoms with E-state index in [1.165, 1.54) is 17.8 Å². The Morgan fingerprint density at radius 2 is 2.00 bits per heavy atom. The second-order valence-corrected chi connectivity index (χ2v) is 8.03. The molecule has 1 fully saturated rings. The SMILES string of the molecule is C[C@H]1C[C@H](C)CN(Cc2csc(NC(=O)c3ccc(C(F)(F)F)nc3)n2)C1. The van der Waals surface area contributed by atoms with E-state index in [-0.39, 0.29) is 5.56 Å². The van der Waals surface area contributed by atoms with E-state index < -0.39 is 17.8 Å². The highest BCUT2D eigenvalue weighted by atomic mass is 32.1. The van der Waals surface area contributed by atoms with Gasteiger partial charge in [-0.15, -0.1) is 11.3 Å². The molecule has 0 saturated carbocycles. The van der Waals surface area contributed by atoms with Crippen LogP contribution in [0.1, 0.15) is 42.0 Å². The fourth-order valence-electron chi connectivity index (χ4n) is 3.45. The zero-order valence-electron chi connectivity index (χ0n) is 15.1. The first kappa shape index (κ1) is 19.8. The van der Waals surface area contributed by atoms with Crippen molar-refractivity contribution in [3.8, 4) is 0 Å². The maximum absolute atomic E-state index is 12.5. The molecule has 0 spiro atoms. The number of alkyl halides is 3. The molecular formula is C18H21F3N4OS. The largest absolute Gasteiger partial charge is 0.433 e. The van der Waals surface area contributed by atoms with Crippen molar-refractivity contribution in [2.75, 3.05) is 18.4 Å². The van der Waals surface area contributed by atoms with E-state index in [1.54, 1.807) is 0 Å². The average molecular weight is 398 g/mol. The Kier molecular flexibility index (Phi) is 5.81. The molecule has 2 aromatic rings. The van der Waals surface area contributed by atoms with Crippen molar-refractivity contribution in [3.63, 3.8) is 0 Å². The van der Waals surface area contributed by atoms with Crippen molar-refractivity contribution in [1.82, 2.24) is 14.9 Å². The number of nitrogens with zero attached hydrogens (tertiary/aromatic N) is 3. The monoisotopic (exact) mass is 398 g/mol. The smallest absolute Gasteiger partial charge is 0.298 e. The molecule has 0 aromatic carbocycles. The summed E-state index contributed by atoms with van der Waals surface area (Å²) < 4.78 is 37.6. The van der Waals surface area contributed by atoms with Crippen LogP contribution in [-0.4, -0.2) is 33.9 Å². The van der Waals surface area contributed by atoms with Gasteiger partial charge >= 0.3 is 6.18 Å². The van der Waals surface area contributed by atoms with Crippen LogP contribution in [0.25, 0.3) is 0 Å². The zero-order chi connectivity index (χ0) is 19.6. The first-order chi connectivity index (χ1) is 12.7. The van der Waals surface area contributed by atoms with E-state index in [4.69, 9.17) is 0 Å². The number of hydrogen-bond donors (Lipinski definition) is 1. The summed E-state index contributed by atoms with van der Waals surface area (Å²) in [5.41, 5.74) is -0.0962. The minimum atomic E-state index is -4.53. The molecule has 3 rings (SSSR count). The number of pyridine rings is 1. The summed E-state index contributed by atoms with van der Waals surface area (Å²) in [5.74, 6) is 0.773. The molecule has 27 heavy (non-hydrogen) atoms. The van der Waals surface area contributed by atoms with E-state index in [0.717, 1.165) is 43.7 Å². The molecule has 1 aliphatic rings. The fraction of sp³-hybridized carbons (Fsp3) is 0.500. The standard InChI is InChI=1S/C18H21F3N4OS/c1-11-5-12(2)8-25(7-11)9-14-10-27-17(23-14)24-16(26)13-3-4-15(22-6-13)18(19,20)21/h3-4,6,10-12H,5,7-9H2,1-2H3,(H,23,24,26)/t11-,12-/m0/s1. The highest BCUT2D eigenvalue weighted by Crippen LogP contribution is 2.27. The van der Waals surface area contributed by atoms with E-state index >= 15 is 0 Å². The van der Waals surface area contributed by atoms with Crippen LogP contribution in [0.2, 0.25) is 0 Å². The predicted octanol–water partition coefficient (Wildman–Crippen LogP) is 4.29. The number of rotatable bonds is 4. The van der Waals surface area contributed by atoms with E-state index in [2.05, 4.69) is 34.0 Å². The molecule has 1 aliphatic heterocycles. The van der Waals surface area contributed by atoms with Crippen LogP contribution < -0.4 is 5.32 Å². The lowest BCUT2D eigenvalue weighted by Crippen LogP contribution is -2.38. The van der Waals surface area contributed by atoms with Crippen molar-refractivity contribution < 1.29 is 18.0 Å². The van der Waals surface area contributed by atoms with Crippen LogP contribution >= 0.6 is 11.3 Å². The molecule has 0 unspecified atom stereocenters. The third-order valence-corrected chi connectivity index (χ3v) is 5.22. The molecule has 5 nitrogen and oxygen atoms in total. The zero-order valence-corrected chi connectivity index (χ0v) is 15.9. The molecule has 2 aromatic heterocycles. The third-order valence-electron chi connectivity index (χ3n) is 4.42. The van der Waals surface area contributed by atoms with Gasteiger partial charge in [0.2, 0.25) is 0 Å². The number of anilines is 1. The van der Waals surface area contributed by atoms with E-state index in [9.17, 15) is 18.0 Å². The number of amides is 1. The number of likely N-dealkylation sites (tertiary alicyclic amines) is 1. The van der Waals surface area contributed by atoms with Gasteiger partial charge in [0, 0.05) is 31.2 Å². The number of nitrogens with one attached hydrogen (secondary N) is 1. The molecule has 0 bridgehead atoms. The van der Waals surface area contributed by atoms with Gasteiger partial charge in [0.15, 0.2) is 5.13 Å². The van der Waals surface area contributed by atoms with Crippen LogP contribution in [0.15, 0.2) is 23.7 Å². The molecule has 0 aliphatic carbocycles. The van der Waals surface area contributed by atoms with E-state index in [0.29, 0.717) is 17.0 Å². The molecule has 1 N–H and O–H groups in total. The summed E-state index contributed by atoms with van der Waals surface area (Å²) in [6, 6.07) is 1.90. The second kappa shape index (κ2) is 7.93. The van der Waals surface area contributed by atoms with Crippen molar-refractivity contribution in [2.45, 2.75) is 33.0 Å². The third kappa shape index (κ3) is 5.26. The summed E-state index contributed by atoms with van der Waals surface area (Å²) >= 11 is 1.30. The van der Waals surface area contributed by atoms with Gasteiger partial charge in [-0.2, -0.15) is 13.2 Å². The molecule has 1 amide bonds. The first-order valence-corrected chi connectivity index (χ1v) is 9.60. The minimum absolute atomic E-state index is 0.0541. The Bertz CT molecular complexity index is 781. The van der Waals surface area contributed by atoms with Crippen LogP contribution in [0.3, 0.4) is 0 Å². The number of hydrogen-bond acceptors (Lipinski definition) is 5. The Hall–Kier alpha value is -2.00. The molecule has 1 saturated heterocycles. The van der Waals surface area contributed by atoms with Gasteiger partial charge in [0.25, 0.3) is 5.91 Å². The topological polar surface area (TPSA) is 58.1 Å². The predicted molar refractivity (Wildman–Crippen MR) is 97.5 cm³/mol. The molecule has 2 atom stereocenters. The van der Waals surface area contributed by atoms with E-state index in [1.807, 2.05) is 5.38 Å². The highest BCUT2D eigenvalue weighted by molar-refractivity contribution is 7.13. The van der Waals surface area contributed by atoms with Crippen LogP contribution in [-0.2, 0) is 12.7 Å². The second-order valence-electron chi connectivity index (χ2n) is 7.17. The Balaban J connectivity index is 1.59. The number of halogens is 3. The average Bonchev–Trinajstić information content (AvgIpc) is 3.00. The number of piperidine rings is 1. The molecule has 9 heteroatoms. The summed E-state index contributed by atoms with van der Waals surface area (Å²) in [6.45, 7) is 7.27. The Labute approximate surface area is 159 Å².